The molecule has 2 heteroatoms. The summed E-state index contributed by atoms with van der Waals surface area (Å²) in [6, 6.07) is 0. The van der Waals surface area contributed by atoms with Crippen LogP contribution in [0.5, 0.6) is 0 Å². The van der Waals surface area contributed by atoms with Gasteiger partial charge in [0, 0.05) is 0 Å². The van der Waals surface area contributed by atoms with E-state index in [-0.39, 0.29) is 27.4 Å². The van der Waals surface area contributed by atoms with Gasteiger partial charge in [-0.2, -0.15) is 0 Å². The van der Waals surface area contributed by atoms with E-state index < -0.39 is 0 Å². The van der Waals surface area contributed by atoms with Gasteiger partial charge in [-0.25, -0.2) is 0 Å². The number of hydrogen-bond donors (Lipinski definition) is 0. The molecule has 0 saturated carbocycles. The molecular formula is C24H50O2. The minimum absolute atomic E-state index is 0.0147. The number of ether oxygens (including phenoxy) is 2. The fourth-order valence-corrected chi connectivity index (χ4v) is 3.40. The van der Waals surface area contributed by atoms with Crippen LogP contribution < -0.4 is 0 Å². The van der Waals surface area contributed by atoms with Crippen molar-refractivity contribution in [2.45, 2.75) is 126 Å². The summed E-state index contributed by atoms with van der Waals surface area (Å²) in [5.74, 6) is 0. The summed E-state index contributed by atoms with van der Waals surface area (Å²) < 4.78 is 12.6. The third kappa shape index (κ3) is 9.22. The summed E-state index contributed by atoms with van der Waals surface area (Å²) in [5.41, 5.74) is 0.591. The van der Waals surface area contributed by atoms with Gasteiger partial charge in [-0.05, 0) is 62.7 Å². The lowest BCUT2D eigenvalue weighted by molar-refractivity contribution is -0.103. The summed E-state index contributed by atoms with van der Waals surface area (Å²) in [7, 11) is 0. The molecule has 0 aromatic heterocycles. The minimum Gasteiger partial charge on any atom is -0.375 e. The Hall–Kier alpha value is -0.0800. The second-order valence-electron chi connectivity index (χ2n) is 11.7. The number of rotatable bonds is 12. The summed E-state index contributed by atoms with van der Waals surface area (Å²) in [6.45, 7) is 29.1. The zero-order chi connectivity index (χ0) is 20.9. The van der Waals surface area contributed by atoms with Gasteiger partial charge in [-0.1, -0.05) is 68.7 Å². The molecule has 0 aliphatic carbocycles. The van der Waals surface area contributed by atoms with Crippen molar-refractivity contribution in [3.63, 3.8) is 0 Å². The van der Waals surface area contributed by atoms with Crippen molar-refractivity contribution in [1.82, 2.24) is 0 Å². The largest absolute Gasteiger partial charge is 0.375 e. The lowest BCUT2D eigenvalue weighted by Gasteiger charge is -2.44. The van der Waals surface area contributed by atoms with Crippen LogP contribution in [0.1, 0.15) is 115 Å². The Bertz CT molecular complexity index is 401. The molecule has 1 atom stereocenters. The zero-order valence-electron chi connectivity index (χ0n) is 20.3. The first kappa shape index (κ1) is 25.9. The van der Waals surface area contributed by atoms with Crippen molar-refractivity contribution >= 4 is 0 Å². The summed E-state index contributed by atoms with van der Waals surface area (Å²) in [6.07, 6.45) is 5.45. The maximum atomic E-state index is 6.38. The molecule has 0 aliphatic rings. The van der Waals surface area contributed by atoms with Crippen LogP contribution in [0.2, 0.25) is 0 Å². The molecule has 2 nitrogen and oxygen atoms in total. The molecule has 158 valence electrons. The van der Waals surface area contributed by atoms with E-state index in [2.05, 4.69) is 83.1 Å². The summed E-state index contributed by atoms with van der Waals surface area (Å²) >= 11 is 0. The fraction of sp³-hybridized carbons (Fsp3) is 1.00. The Balaban J connectivity index is 4.58. The fourth-order valence-electron chi connectivity index (χ4n) is 3.40. The van der Waals surface area contributed by atoms with Crippen molar-refractivity contribution in [3.05, 3.63) is 0 Å². The Morgan fingerprint density at radius 2 is 1.23 bits per heavy atom. The van der Waals surface area contributed by atoms with Crippen molar-refractivity contribution in [2.75, 3.05) is 13.2 Å². The molecule has 0 rings (SSSR count). The molecule has 0 aromatic carbocycles. The summed E-state index contributed by atoms with van der Waals surface area (Å²) in [5, 5.41) is 0. The van der Waals surface area contributed by atoms with Crippen molar-refractivity contribution in [2.24, 2.45) is 16.2 Å². The second-order valence-corrected chi connectivity index (χ2v) is 11.7. The molecule has 0 bridgehead atoms. The van der Waals surface area contributed by atoms with Crippen molar-refractivity contribution in [1.29, 1.82) is 0 Å². The van der Waals surface area contributed by atoms with Gasteiger partial charge >= 0.3 is 0 Å². The molecule has 0 N–H and O–H groups in total. The first-order chi connectivity index (χ1) is 11.5. The van der Waals surface area contributed by atoms with Crippen LogP contribution in [-0.4, -0.2) is 24.4 Å². The zero-order valence-corrected chi connectivity index (χ0v) is 20.3. The average Bonchev–Trinajstić information content (AvgIpc) is 2.43. The predicted molar refractivity (Wildman–Crippen MR) is 116 cm³/mol. The maximum Gasteiger partial charge on any atom is 0.0651 e. The second kappa shape index (κ2) is 9.41. The first-order valence-electron chi connectivity index (χ1n) is 10.8. The Labute approximate surface area is 165 Å². The molecule has 0 saturated heterocycles. The van der Waals surface area contributed by atoms with E-state index in [1.807, 2.05) is 0 Å². The van der Waals surface area contributed by atoms with Crippen LogP contribution in [0.25, 0.3) is 0 Å². The van der Waals surface area contributed by atoms with Crippen LogP contribution >= 0.6 is 0 Å². The van der Waals surface area contributed by atoms with E-state index in [4.69, 9.17) is 9.47 Å². The van der Waals surface area contributed by atoms with Gasteiger partial charge < -0.3 is 9.47 Å². The standard InChI is InChI=1S/C24H50O2/c1-13-15-24(12,14-2)25-17-16-23(10,11)26-19-21(6,7)18-22(8,9)20(3,4)5/h13-19H2,1-12H3. The highest BCUT2D eigenvalue weighted by Crippen LogP contribution is 2.46. The molecular weight excluding hydrogens is 320 g/mol. The molecule has 1 unspecified atom stereocenters. The topological polar surface area (TPSA) is 18.5 Å². The minimum atomic E-state index is -0.149. The van der Waals surface area contributed by atoms with Crippen molar-refractivity contribution in [3.8, 4) is 0 Å². The third-order valence-electron chi connectivity index (χ3n) is 6.49. The summed E-state index contributed by atoms with van der Waals surface area (Å²) in [4.78, 5) is 0. The maximum absolute atomic E-state index is 6.38. The van der Waals surface area contributed by atoms with E-state index in [9.17, 15) is 0 Å². The average molecular weight is 371 g/mol. The molecule has 0 aromatic rings. The van der Waals surface area contributed by atoms with Crippen LogP contribution in [0.3, 0.4) is 0 Å². The van der Waals surface area contributed by atoms with Gasteiger partial charge in [-0.15, -0.1) is 0 Å². The van der Waals surface area contributed by atoms with Gasteiger partial charge in [0.15, 0.2) is 0 Å². The van der Waals surface area contributed by atoms with Crippen LogP contribution in [0.15, 0.2) is 0 Å². The quantitative estimate of drug-likeness (QED) is 0.351. The molecule has 0 fully saturated rings. The lowest BCUT2D eigenvalue weighted by atomic mass is 9.62. The van der Waals surface area contributed by atoms with Gasteiger partial charge in [0.05, 0.1) is 24.4 Å². The Kier molecular flexibility index (Phi) is 9.38. The van der Waals surface area contributed by atoms with E-state index in [1.165, 1.54) is 6.42 Å². The van der Waals surface area contributed by atoms with Crippen molar-refractivity contribution < 1.29 is 9.47 Å². The lowest BCUT2D eigenvalue weighted by Crippen LogP contribution is -2.39. The highest BCUT2D eigenvalue weighted by Gasteiger charge is 2.38. The highest BCUT2D eigenvalue weighted by atomic mass is 16.5. The number of hydrogen-bond acceptors (Lipinski definition) is 2. The molecule has 0 radical (unpaired) electrons. The van der Waals surface area contributed by atoms with E-state index in [0.717, 1.165) is 38.9 Å². The highest BCUT2D eigenvalue weighted by molar-refractivity contribution is 4.88. The third-order valence-corrected chi connectivity index (χ3v) is 6.49. The monoisotopic (exact) mass is 370 g/mol. The van der Waals surface area contributed by atoms with Crippen LogP contribution in [0, 0.1) is 16.2 Å². The van der Waals surface area contributed by atoms with E-state index in [1.54, 1.807) is 0 Å². The first-order valence-corrected chi connectivity index (χ1v) is 10.8. The normalized spacial score (nSPS) is 16.6. The molecule has 0 spiro atoms. The molecule has 0 aliphatic heterocycles. The van der Waals surface area contributed by atoms with Gasteiger partial charge in [0.25, 0.3) is 0 Å². The Morgan fingerprint density at radius 1 is 0.692 bits per heavy atom. The van der Waals surface area contributed by atoms with Gasteiger partial charge in [-0.3, -0.25) is 0 Å². The SMILES string of the molecule is CCCC(C)(CC)OCCC(C)(C)OCC(C)(C)CC(C)(C)C(C)(C)C. The van der Waals surface area contributed by atoms with E-state index >= 15 is 0 Å². The van der Waals surface area contributed by atoms with Gasteiger partial charge in [0.2, 0.25) is 0 Å². The molecule has 26 heavy (non-hydrogen) atoms. The van der Waals surface area contributed by atoms with Crippen LogP contribution in [-0.2, 0) is 9.47 Å². The van der Waals surface area contributed by atoms with Gasteiger partial charge in [0.1, 0.15) is 0 Å². The molecule has 0 amide bonds. The van der Waals surface area contributed by atoms with Crippen LogP contribution in [0.4, 0.5) is 0 Å². The molecule has 0 heterocycles. The smallest absolute Gasteiger partial charge is 0.0651 e. The van der Waals surface area contributed by atoms with E-state index in [0.29, 0.717) is 0 Å². The Morgan fingerprint density at radius 3 is 1.65 bits per heavy atom. The predicted octanol–water partition coefficient (Wildman–Crippen LogP) is 7.65.